The van der Waals surface area contributed by atoms with E-state index in [1.54, 1.807) is 38.4 Å². The van der Waals surface area contributed by atoms with Gasteiger partial charge >= 0.3 is 5.76 Å². The van der Waals surface area contributed by atoms with Gasteiger partial charge in [0.1, 0.15) is 6.54 Å². The van der Waals surface area contributed by atoms with Crippen LogP contribution in [-0.4, -0.2) is 34.7 Å². The lowest BCUT2D eigenvalue weighted by molar-refractivity contribution is -0.129. The Kier molecular flexibility index (Phi) is 3.50. The second-order valence-electron chi connectivity index (χ2n) is 4.24. The molecule has 0 unspecified atom stereocenters. The molecule has 0 N–H and O–H groups in total. The number of benzene rings is 1. The number of carbonyl (C=O) groups is 1. The molecule has 1 aromatic carbocycles. The number of amides is 1. The third-order valence-electron chi connectivity index (χ3n) is 2.52. The van der Waals surface area contributed by atoms with E-state index in [1.807, 2.05) is 0 Å². The standard InChI is InChI=1S/C13H13N3O3/c1-9-5-4-6-10(7-9)12-14-16(13(18)19-12)8-11(17)15(2)3/h1,4-7H,8H2,2-3H3. The Hall–Kier alpha value is -2.37. The highest BCUT2D eigenvalue weighted by Gasteiger charge is 2.14. The predicted molar refractivity (Wildman–Crippen MR) is 68.3 cm³/mol. The lowest BCUT2D eigenvalue weighted by Gasteiger charge is -2.08. The number of aromatic nitrogens is 2. The third kappa shape index (κ3) is 2.90. The molecule has 1 aromatic heterocycles. The molecule has 0 aliphatic carbocycles. The Morgan fingerprint density at radius 3 is 2.84 bits per heavy atom. The SMILES string of the molecule is [CH]c1cccc(-c2nn(CC(=O)N(C)C)c(=O)o2)c1. The smallest absolute Gasteiger partial charge is 0.388 e. The third-order valence-corrected chi connectivity index (χ3v) is 2.52. The van der Waals surface area contributed by atoms with Gasteiger partial charge in [-0.3, -0.25) is 4.79 Å². The van der Waals surface area contributed by atoms with Crippen LogP contribution in [0.1, 0.15) is 5.56 Å². The Morgan fingerprint density at radius 2 is 2.21 bits per heavy atom. The lowest BCUT2D eigenvalue weighted by atomic mass is 10.1. The van der Waals surface area contributed by atoms with Gasteiger partial charge < -0.3 is 9.32 Å². The van der Waals surface area contributed by atoms with Gasteiger partial charge in [0.05, 0.1) is 0 Å². The minimum Gasteiger partial charge on any atom is -0.388 e. The van der Waals surface area contributed by atoms with Crippen LogP contribution >= 0.6 is 0 Å². The van der Waals surface area contributed by atoms with Crippen molar-refractivity contribution in [3.05, 3.63) is 47.3 Å². The minimum absolute atomic E-state index is 0.142. The highest BCUT2D eigenvalue weighted by Crippen LogP contribution is 2.16. The first-order valence-electron chi connectivity index (χ1n) is 5.61. The van der Waals surface area contributed by atoms with Crippen molar-refractivity contribution < 1.29 is 9.21 Å². The second kappa shape index (κ2) is 5.09. The van der Waals surface area contributed by atoms with E-state index in [1.165, 1.54) is 4.90 Å². The molecule has 1 heterocycles. The summed E-state index contributed by atoms with van der Waals surface area (Å²) < 4.78 is 5.99. The Balaban J connectivity index is 2.31. The Bertz CT molecular complexity index is 655. The van der Waals surface area contributed by atoms with Crippen LogP contribution in [0.25, 0.3) is 11.5 Å². The minimum atomic E-state index is -0.673. The van der Waals surface area contributed by atoms with E-state index in [0.717, 1.165) is 4.68 Å². The van der Waals surface area contributed by atoms with Crippen molar-refractivity contribution >= 4 is 5.91 Å². The van der Waals surface area contributed by atoms with Crippen LogP contribution in [0.5, 0.6) is 0 Å². The molecule has 0 aliphatic heterocycles. The fraction of sp³-hybridized carbons (Fsp3) is 0.231. The molecule has 0 fully saturated rings. The van der Waals surface area contributed by atoms with Gasteiger partial charge in [-0.25, -0.2) is 4.79 Å². The summed E-state index contributed by atoms with van der Waals surface area (Å²) in [5, 5.41) is 3.98. The second-order valence-corrected chi connectivity index (χ2v) is 4.24. The van der Waals surface area contributed by atoms with E-state index in [9.17, 15) is 9.59 Å². The van der Waals surface area contributed by atoms with Gasteiger partial charge in [-0.05, 0) is 24.6 Å². The maximum atomic E-state index is 11.6. The van der Waals surface area contributed by atoms with E-state index in [-0.39, 0.29) is 18.3 Å². The average Bonchev–Trinajstić information content (AvgIpc) is 2.71. The van der Waals surface area contributed by atoms with Gasteiger partial charge in [-0.2, -0.15) is 4.68 Å². The fourth-order valence-electron chi connectivity index (χ4n) is 1.46. The molecule has 19 heavy (non-hydrogen) atoms. The quantitative estimate of drug-likeness (QED) is 0.811. The highest BCUT2D eigenvalue weighted by molar-refractivity contribution is 5.75. The van der Waals surface area contributed by atoms with E-state index >= 15 is 0 Å². The van der Waals surface area contributed by atoms with Crippen LogP contribution in [0.15, 0.2) is 33.5 Å². The maximum Gasteiger partial charge on any atom is 0.437 e. The molecule has 0 bridgehead atoms. The Morgan fingerprint density at radius 1 is 1.47 bits per heavy atom. The lowest BCUT2D eigenvalue weighted by Crippen LogP contribution is -2.30. The molecule has 0 atom stereocenters. The molecular formula is C13H13N3O3. The van der Waals surface area contributed by atoms with Gasteiger partial charge in [0, 0.05) is 19.7 Å². The fourth-order valence-corrected chi connectivity index (χ4v) is 1.46. The maximum absolute atomic E-state index is 11.6. The predicted octanol–water partition coefficient (Wildman–Crippen LogP) is 0.651. The van der Waals surface area contributed by atoms with Crippen LogP contribution < -0.4 is 5.76 Å². The normalized spacial score (nSPS) is 10.5. The first kappa shape index (κ1) is 13.1. The number of nitrogens with zero attached hydrogens (tertiary/aromatic N) is 3. The molecule has 2 rings (SSSR count). The molecule has 0 saturated heterocycles. The average molecular weight is 259 g/mol. The van der Waals surface area contributed by atoms with Crippen molar-refractivity contribution in [3.63, 3.8) is 0 Å². The monoisotopic (exact) mass is 259 g/mol. The molecular weight excluding hydrogens is 246 g/mol. The van der Waals surface area contributed by atoms with Crippen molar-refractivity contribution in [3.8, 4) is 11.5 Å². The first-order chi connectivity index (χ1) is 8.97. The molecule has 6 nitrogen and oxygen atoms in total. The first-order valence-corrected chi connectivity index (χ1v) is 5.61. The van der Waals surface area contributed by atoms with Gasteiger partial charge in [0.15, 0.2) is 0 Å². The molecule has 0 spiro atoms. The van der Waals surface area contributed by atoms with Crippen LogP contribution in [0.4, 0.5) is 0 Å². The number of hydrogen-bond donors (Lipinski definition) is 0. The largest absolute Gasteiger partial charge is 0.437 e. The molecule has 0 saturated carbocycles. The van der Waals surface area contributed by atoms with Gasteiger partial charge in [-0.1, -0.05) is 12.1 Å². The summed E-state index contributed by atoms with van der Waals surface area (Å²) in [6.45, 7) is 5.49. The van der Waals surface area contributed by atoms with Gasteiger partial charge in [0.2, 0.25) is 11.8 Å². The summed E-state index contributed by atoms with van der Waals surface area (Å²) in [4.78, 5) is 24.5. The zero-order chi connectivity index (χ0) is 14.0. The summed E-state index contributed by atoms with van der Waals surface area (Å²) >= 11 is 0. The van der Waals surface area contributed by atoms with Gasteiger partial charge in [0.25, 0.3) is 0 Å². The zero-order valence-electron chi connectivity index (χ0n) is 10.7. The number of hydrogen-bond acceptors (Lipinski definition) is 4. The summed E-state index contributed by atoms with van der Waals surface area (Å²) in [7, 11) is 3.21. The molecule has 1 amide bonds. The van der Waals surface area contributed by atoms with Crippen molar-refractivity contribution in [2.45, 2.75) is 6.54 Å². The van der Waals surface area contributed by atoms with Crippen molar-refractivity contribution in [1.82, 2.24) is 14.7 Å². The summed E-state index contributed by atoms with van der Waals surface area (Å²) in [6.07, 6.45) is 0. The van der Waals surface area contributed by atoms with Crippen molar-refractivity contribution in [1.29, 1.82) is 0 Å². The molecule has 2 aromatic rings. The molecule has 0 aliphatic rings. The highest BCUT2D eigenvalue weighted by atomic mass is 16.4. The molecule has 2 radical (unpaired) electrons. The van der Waals surface area contributed by atoms with Crippen molar-refractivity contribution in [2.24, 2.45) is 0 Å². The van der Waals surface area contributed by atoms with E-state index in [2.05, 4.69) is 5.10 Å². The van der Waals surface area contributed by atoms with Gasteiger partial charge in [-0.15, -0.1) is 5.10 Å². The Labute approximate surface area is 110 Å². The van der Waals surface area contributed by atoms with E-state index in [4.69, 9.17) is 11.3 Å². The van der Waals surface area contributed by atoms with Crippen LogP contribution in [0, 0.1) is 6.92 Å². The number of rotatable bonds is 3. The number of carbonyl (C=O) groups excluding carboxylic acids is 1. The zero-order valence-corrected chi connectivity index (χ0v) is 10.7. The summed E-state index contributed by atoms with van der Waals surface area (Å²) in [6, 6.07) is 6.81. The van der Waals surface area contributed by atoms with Crippen molar-refractivity contribution in [2.75, 3.05) is 14.1 Å². The van der Waals surface area contributed by atoms with E-state index in [0.29, 0.717) is 11.1 Å². The number of likely N-dealkylation sites (N-methyl/N-ethyl adjacent to an activating group) is 1. The summed E-state index contributed by atoms with van der Waals surface area (Å²) in [5.74, 6) is -0.772. The van der Waals surface area contributed by atoms with E-state index < -0.39 is 5.76 Å². The van der Waals surface area contributed by atoms with Crippen LogP contribution in [-0.2, 0) is 11.3 Å². The topological polar surface area (TPSA) is 68.3 Å². The molecule has 6 heteroatoms. The van der Waals surface area contributed by atoms with Crippen LogP contribution in [0.3, 0.4) is 0 Å². The van der Waals surface area contributed by atoms with Crippen LogP contribution in [0.2, 0.25) is 0 Å². The molecule has 98 valence electrons. The summed E-state index contributed by atoms with van der Waals surface area (Å²) in [5.41, 5.74) is 1.13.